The Morgan fingerprint density at radius 1 is 1.00 bits per heavy atom. The number of aryl methyl sites for hydroxylation is 1. The third-order valence-corrected chi connectivity index (χ3v) is 7.69. The number of halogens is 4. The summed E-state index contributed by atoms with van der Waals surface area (Å²) in [5, 5.41) is 0. The highest BCUT2D eigenvalue weighted by atomic mass is 19.3. The molecule has 5 rings (SSSR count). The molecule has 0 radical (unpaired) electrons. The van der Waals surface area contributed by atoms with Crippen LogP contribution < -0.4 is 9.68 Å². The Kier molecular flexibility index (Phi) is 7.89. The fraction of sp³-hybridized carbons (Fsp3) is 0.467. The molecule has 7 heteroatoms. The second-order valence-electron chi connectivity index (χ2n) is 10.3. The van der Waals surface area contributed by atoms with Crippen LogP contribution >= 0.6 is 0 Å². The van der Waals surface area contributed by atoms with Gasteiger partial charge in [-0.3, -0.25) is 14.2 Å². The van der Waals surface area contributed by atoms with Crippen LogP contribution in [0, 0.1) is 0 Å². The molecular weight excluding hydrogens is 482 g/mol. The zero-order valence-electron chi connectivity index (χ0n) is 21.0. The van der Waals surface area contributed by atoms with Gasteiger partial charge in [0.1, 0.15) is 11.9 Å². The van der Waals surface area contributed by atoms with E-state index in [1.54, 1.807) is 18.2 Å². The Morgan fingerprint density at radius 3 is 2.54 bits per heavy atom. The largest absolute Gasteiger partial charge is 0.489 e. The van der Waals surface area contributed by atoms with Crippen molar-refractivity contribution in [2.24, 2.45) is 0 Å². The molecule has 1 fully saturated rings. The van der Waals surface area contributed by atoms with Gasteiger partial charge in [0.15, 0.2) is 5.75 Å². The van der Waals surface area contributed by atoms with Crippen molar-refractivity contribution < 1.29 is 27.4 Å². The van der Waals surface area contributed by atoms with Crippen LogP contribution in [-0.2, 0) is 6.42 Å². The van der Waals surface area contributed by atoms with Crippen LogP contribution in [0.4, 0.5) is 17.7 Å². The average molecular weight is 516 g/mol. The molecule has 0 amide bonds. The van der Waals surface area contributed by atoms with E-state index in [1.807, 2.05) is 30.3 Å². The van der Waals surface area contributed by atoms with Gasteiger partial charge in [-0.15, -0.1) is 0 Å². The molecular formula is C30H33F4NO2. The van der Waals surface area contributed by atoms with Crippen molar-refractivity contribution in [1.29, 1.82) is 0 Å². The Hall–Kier alpha value is -2.80. The molecule has 1 unspecified atom stereocenters. The number of ether oxygens (including phenoxy) is 1. The summed E-state index contributed by atoms with van der Waals surface area (Å²) < 4.78 is 59.5. The van der Waals surface area contributed by atoms with E-state index in [1.165, 1.54) is 0 Å². The summed E-state index contributed by atoms with van der Waals surface area (Å²) in [5.41, 5.74) is 6.05. The molecule has 1 saturated heterocycles. The van der Waals surface area contributed by atoms with Crippen molar-refractivity contribution in [3.05, 3.63) is 76.4 Å². The van der Waals surface area contributed by atoms with E-state index in [-0.39, 0.29) is 31.4 Å². The predicted octanol–water partition coefficient (Wildman–Crippen LogP) is 7.65. The number of hydrogen-bond donors (Lipinski definition) is 0. The van der Waals surface area contributed by atoms with Crippen LogP contribution in [0.2, 0.25) is 0 Å². The Bertz CT molecular complexity index is 1160. The van der Waals surface area contributed by atoms with Gasteiger partial charge in [-0.05, 0) is 96.2 Å². The summed E-state index contributed by atoms with van der Waals surface area (Å²) in [5.74, 6) is -1.71. The summed E-state index contributed by atoms with van der Waals surface area (Å²) in [6, 6.07) is 13.2. The van der Waals surface area contributed by atoms with E-state index in [9.17, 15) is 17.7 Å². The molecule has 1 atom stereocenters. The second kappa shape index (κ2) is 11.3. The number of nitrogens with zero attached hydrogens (tertiary/aromatic N) is 1. The van der Waals surface area contributed by atoms with E-state index in [0.29, 0.717) is 12.8 Å². The Labute approximate surface area is 215 Å². The van der Waals surface area contributed by atoms with Crippen molar-refractivity contribution in [2.45, 2.75) is 63.4 Å². The minimum Gasteiger partial charge on any atom is -0.489 e. The number of likely N-dealkylation sites (tertiary alicyclic amines) is 1. The van der Waals surface area contributed by atoms with Gasteiger partial charge < -0.3 is 4.74 Å². The van der Waals surface area contributed by atoms with Gasteiger partial charge >= 0.3 is 0 Å². The molecule has 1 aliphatic heterocycles. The summed E-state index contributed by atoms with van der Waals surface area (Å²) in [6.45, 7) is 2.16. The van der Waals surface area contributed by atoms with E-state index >= 15 is 0 Å². The Balaban J connectivity index is 1.45. The SMILES string of the molecule is FCCCN1CCC(Oc2ccc(C3=C(C4=CCC(F)(F)CC4)CCCc4cc(OF)ccc43)cc2)C1. The van der Waals surface area contributed by atoms with Crippen LogP contribution in [0.1, 0.15) is 61.6 Å². The molecule has 0 aromatic heterocycles. The summed E-state index contributed by atoms with van der Waals surface area (Å²) >= 11 is 0. The van der Waals surface area contributed by atoms with Crippen LogP contribution in [-0.4, -0.2) is 43.2 Å². The highest BCUT2D eigenvalue weighted by molar-refractivity contribution is 5.87. The normalized spacial score (nSPS) is 21.8. The molecule has 37 heavy (non-hydrogen) atoms. The molecule has 3 nitrogen and oxygen atoms in total. The first-order valence-electron chi connectivity index (χ1n) is 13.2. The molecule has 1 heterocycles. The van der Waals surface area contributed by atoms with Gasteiger partial charge in [0.25, 0.3) is 5.92 Å². The fourth-order valence-corrected chi connectivity index (χ4v) is 5.80. The number of hydrogen-bond acceptors (Lipinski definition) is 3. The van der Waals surface area contributed by atoms with Crippen molar-refractivity contribution in [3.63, 3.8) is 0 Å². The maximum Gasteiger partial charge on any atom is 0.251 e. The molecule has 198 valence electrons. The number of alkyl halides is 3. The summed E-state index contributed by atoms with van der Waals surface area (Å²) in [7, 11) is 0. The zero-order chi connectivity index (χ0) is 25.8. The van der Waals surface area contributed by atoms with Crippen LogP contribution in [0.25, 0.3) is 5.57 Å². The smallest absolute Gasteiger partial charge is 0.251 e. The zero-order valence-corrected chi connectivity index (χ0v) is 21.0. The van der Waals surface area contributed by atoms with Gasteiger partial charge in [0.05, 0.1) is 6.67 Å². The van der Waals surface area contributed by atoms with Gasteiger partial charge in [-0.25, -0.2) is 8.78 Å². The molecule has 0 N–H and O–H groups in total. The topological polar surface area (TPSA) is 21.7 Å². The lowest BCUT2D eigenvalue weighted by molar-refractivity contribution is -0.00837. The highest BCUT2D eigenvalue weighted by Crippen LogP contribution is 2.43. The van der Waals surface area contributed by atoms with E-state index in [2.05, 4.69) is 9.84 Å². The molecule has 0 saturated carbocycles. The predicted molar refractivity (Wildman–Crippen MR) is 137 cm³/mol. The van der Waals surface area contributed by atoms with Crippen LogP contribution in [0.15, 0.2) is 59.7 Å². The number of fused-ring (bicyclic) bond motifs is 1. The Morgan fingerprint density at radius 2 is 1.81 bits per heavy atom. The standard InChI is InChI=1S/C30H33F4NO2/c31-16-2-17-35-18-13-26(20-35)36-24-7-5-22(6-8-24)29-27(21-11-14-30(32,33)15-12-21)4-1-3-23-19-25(37-34)9-10-28(23)29/h5-11,19,26H,1-4,12-18,20H2. The maximum atomic E-state index is 13.9. The summed E-state index contributed by atoms with van der Waals surface area (Å²) in [4.78, 5) is 6.22. The second-order valence-corrected chi connectivity index (χ2v) is 10.3. The van der Waals surface area contributed by atoms with Crippen molar-refractivity contribution in [3.8, 4) is 11.5 Å². The van der Waals surface area contributed by atoms with Crippen molar-refractivity contribution in [2.75, 3.05) is 26.3 Å². The lowest BCUT2D eigenvalue weighted by atomic mass is 9.83. The third-order valence-electron chi connectivity index (χ3n) is 7.69. The van der Waals surface area contributed by atoms with Crippen LogP contribution in [0.3, 0.4) is 0 Å². The van der Waals surface area contributed by atoms with E-state index < -0.39 is 5.92 Å². The lowest BCUT2D eigenvalue weighted by Gasteiger charge is -2.25. The molecule has 2 aromatic carbocycles. The van der Waals surface area contributed by atoms with Gasteiger partial charge in [0.2, 0.25) is 0 Å². The van der Waals surface area contributed by atoms with Gasteiger partial charge in [0, 0.05) is 37.0 Å². The first kappa shape index (κ1) is 25.8. The molecule has 2 aliphatic carbocycles. The number of benzene rings is 2. The maximum absolute atomic E-state index is 13.9. The highest BCUT2D eigenvalue weighted by Gasteiger charge is 2.33. The lowest BCUT2D eigenvalue weighted by Crippen LogP contribution is -2.26. The van der Waals surface area contributed by atoms with E-state index in [4.69, 9.17) is 4.74 Å². The third kappa shape index (κ3) is 6.03. The first-order valence-corrected chi connectivity index (χ1v) is 13.2. The van der Waals surface area contributed by atoms with Gasteiger partial charge in [-0.1, -0.05) is 24.3 Å². The quantitative estimate of drug-likeness (QED) is 0.337. The van der Waals surface area contributed by atoms with E-state index in [0.717, 1.165) is 84.5 Å². The molecule has 0 spiro atoms. The van der Waals surface area contributed by atoms with Crippen molar-refractivity contribution >= 4 is 5.57 Å². The average Bonchev–Trinajstić information content (AvgIpc) is 3.26. The van der Waals surface area contributed by atoms with Gasteiger partial charge in [-0.2, -0.15) is 0 Å². The first-order chi connectivity index (χ1) is 18.0. The molecule has 0 bridgehead atoms. The molecule has 2 aromatic rings. The summed E-state index contributed by atoms with van der Waals surface area (Å²) in [6.07, 6.45) is 5.56. The van der Waals surface area contributed by atoms with Crippen LogP contribution in [0.5, 0.6) is 11.5 Å². The molecule has 3 aliphatic rings. The van der Waals surface area contributed by atoms with Crippen molar-refractivity contribution in [1.82, 2.24) is 4.90 Å². The monoisotopic (exact) mass is 515 g/mol. The fourth-order valence-electron chi connectivity index (χ4n) is 5.80. The number of allylic oxidation sites excluding steroid dienone is 3. The minimum atomic E-state index is -2.65. The number of rotatable bonds is 8. The minimum absolute atomic E-state index is 0.0760.